The van der Waals surface area contributed by atoms with Crippen LogP contribution in [0.5, 0.6) is 0 Å². The molecule has 1 aliphatic rings. The first kappa shape index (κ1) is 11.9. The quantitative estimate of drug-likeness (QED) is 0.796. The van der Waals surface area contributed by atoms with Crippen molar-refractivity contribution in [3.05, 3.63) is 24.0 Å². The lowest BCUT2D eigenvalue weighted by molar-refractivity contribution is 0.143. The van der Waals surface area contributed by atoms with Gasteiger partial charge in [-0.3, -0.25) is 0 Å². The Bertz CT molecular complexity index is 411. The smallest absolute Gasteiger partial charge is 0.163 e. The monoisotopic (exact) mass is 231 g/mol. The molecule has 0 saturated carbocycles. The number of nitrogens with zero attached hydrogens (tertiary/aromatic N) is 3. The van der Waals surface area contributed by atoms with E-state index in [-0.39, 0.29) is 0 Å². The second kappa shape index (κ2) is 5.65. The third-order valence-corrected chi connectivity index (χ3v) is 3.15. The number of piperidine rings is 1. The minimum absolute atomic E-state index is 0.519. The molecule has 0 N–H and O–H groups in total. The molecule has 4 nitrogen and oxygen atoms in total. The number of anilines is 1. The van der Waals surface area contributed by atoms with Crippen LogP contribution < -0.4 is 4.90 Å². The summed E-state index contributed by atoms with van der Waals surface area (Å²) in [7, 11) is 1.74. The third kappa shape index (κ3) is 2.75. The van der Waals surface area contributed by atoms with Crippen LogP contribution >= 0.6 is 0 Å². The van der Waals surface area contributed by atoms with Crippen LogP contribution in [0.4, 0.5) is 5.69 Å². The molecule has 1 unspecified atom stereocenters. The van der Waals surface area contributed by atoms with Crippen LogP contribution in [0.25, 0.3) is 0 Å². The first-order chi connectivity index (χ1) is 8.35. The van der Waals surface area contributed by atoms with Gasteiger partial charge in [-0.25, -0.2) is 4.98 Å². The van der Waals surface area contributed by atoms with E-state index in [1.54, 1.807) is 13.3 Å². The van der Waals surface area contributed by atoms with Crippen molar-refractivity contribution in [2.24, 2.45) is 5.92 Å². The average Bonchev–Trinajstić information content (AvgIpc) is 2.39. The van der Waals surface area contributed by atoms with Crippen LogP contribution in [0.1, 0.15) is 18.5 Å². The average molecular weight is 231 g/mol. The van der Waals surface area contributed by atoms with Crippen molar-refractivity contribution in [1.29, 1.82) is 5.26 Å². The van der Waals surface area contributed by atoms with Crippen LogP contribution in [-0.4, -0.2) is 31.8 Å². The Hall–Kier alpha value is -1.60. The number of methoxy groups -OCH3 is 1. The van der Waals surface area contributed by atoms with E-state index < -0.39 is 0 Å². The summed E-state index contributed by atoms with van der Waals surface area (Å²) in [5.41, 5.74) is 1.47. The fourth-order valence-electron chi connectivity index (χ4n) is 2.39. The van der Waals surface area contributed by atoms with Crippen molar-refractivity contribution in [2.75, 3.05) is 31.7 Å². The lowest BCUT2D eigenvalue weighted by atomic mass is 9.98. The molecule has 0 aromatic carbocycles. The van der Waals surface area contributed by atoms with Gasteiger partial charge in [-0.05, 0) is 30.9 Å². The summed E-state index contributed by atoms with van der Waals surface area (Å²) in [4.78, 5) is 6.36. The summed E-state index contributed by atoms with van der Waals surface area (Å²) in [6.45, 7) is 2.74. The number of aromatic nitrogens is 1. The highest BCUT2D eigenvalue weighted by Crippen LogP contribution is 2.24. The van der Waals surface area contributed by atoms with E-state index in [1.807, 2.05) is 12.1 Å². The molecule has 90 valence electrons. The van der Waals surface area contributed by atoms with Gasteiger partial charge in [0.05, 0.1) is 12.3 Å². The lowest BCUT2D eigenvalue weighted by Crippen LogP contribution is -2.37. The molecule has 0 amide bonds. The second-order valence-electron chi connectivity index (χ2n) is 4.39. The van der Waals surface area contributed by atoms with Crippen LogP contribution in [0, 0.1) is 17.2 Å². The molecule has 1 fully saturated rings. The largest absolute Gasteiger partial charge is 0.384 e. The van der Waals surface area contributed by atoms with Crippen molar-refractivity contribution in [2.45, 2.75) is 12.8 Å². The van der Waals surface area contributed by atoms with Crippen LogP contribution in [-0.2, 0) is 4.74 Å². The molecule has 1 saturated heterocycles. The molecule has 1 aromatic rings. The maximum atomic E-state index is 9.05. The summed E-state index contributed by atoms with van der Waals surface area (Å²) in [6.07, 6.45) is 4.01. The van der Waals surface area contributed by atoms with Gasteiger partial charge in [0.25, 0.3) is 0 Å². The predicted molar refractivity (Wildman–Crippen MR) is 65.8 cm³/mol. The van der Waals surface area contributed by atoms with Crippen LogP contribution in [0.3, 0.4) is 0 Å². The molecule has 0 bridgehead atoms. The molecule has 2 heterocycles. The molecule has 4 heteroatoms. The Labute approximate surface area is 102 Å². The molecular formula is C13H17N3O. The van der Waals surface area contributed by atoms with Crippen molar-refractivity contribution in [3.8, 4) is 6.07 Å². The summed E-state index contributed by atoms with van der Waals surface area (Å²) in [6, 6.07) is 6.01. The first-order valence-corrected chi connectivity index (χ1v) is 5.94. The van der Waals surface area contributed by atoms with Crippen molar-refractivity contribution in [1.82, 2.24) is 4.98 Å². The van der Waals surface area contributed by atoms with Gasteiger partial charge < -0.3 is 9.64 Å². The zero-order valence-electron chi connectivity index (χ0n) is 10.1. The van der Waals surface area contributed by atoms with E-state index >= 15 is 0 Å². The molecule has 1 aliphatic heterocycles. The van der Waals surface area contributed by atoms with Crippen LogP contribution in [0.15, 0.2) is 18.3 Å². The van der Waals surface area contributed by atoms with E-state index in [2.05, 4.69) is 16.0 Å². The van der Waals surface area contributed by atoms with Gasteiger partial charge in [0.15, 0.2) is 5.69 Å². The summed E-state index contributed by atoms with van der Waals surface area (Å²) in [5, 5.41) is 9.05. The zero-order chi connectivity index (χ0) is 12.1. The fourth-order valence-corrected chi connectivity index (χ4v) is 2.39. The molecule has 0 spiro atoms. The number of hydrogen-bond acceptors (Lipinski definition) is 4. The molecule has 2 rings (SSSR count). The lowest BCUT2D eigenvalue weighted by Gasteiger charge is -2.34. The Morgan fingerprint density at radius 3 is 3.29 bits per heavy atom. The number of hydrogen-bond donors (Lipinski definition) is 0. The summed E-state index contributed by atoms with van der Waals surface area (Å²) < 4.78 is 5.21. The Kier molecular flexibility index (Phi) is 3.94. The Balaban J connectivity index is 2.14. The highest BCUT2D eigenvalue weighted by Gasteiger charge is 2.21. The highest BCUT2D eigenvalue weighted by molar-refractivity contribution is 5.55. The number of ether oxygens (including phenoxy) is 1. The summed E-state index contributed by atoms with van der Waals surface area (Å²) in [5.74, 6) is 0.556. The van der Waals surface area contributed by atoms with Gasteiger partial charge in [0.2, 0.25) is 0 Å². The first-order valence-electron chi connectivity index (χ1n) is 5.94. The van der Waals surface area contributed by atoms with Crippen molar-refractivity contribution in [3.63, 3.8) is 0 Å². The third-order valence-electron chi connectivity index (χ3n) is 3.15. The van der Waals surface area contributed by atoms with E-state index in [9.17, 15) is 0 Å². The normalized spacial score (nSPS) is 20.0. The number of pyridine rings is 1. The molecule has 0 radical (unpaired) electrons. The summed E-state index contributed by atoms with van der Waals surface area (Å²) >= 11 is 0. The van der Waals surface area contributed by atoms with Gasteiger partial charge >= 0.3 is 0 Å². The standard InChI is InChI=1S/C13H17N3O/c1-17-10-11-4-3-7-16(9-11)13-5-2-6-15-12(13)8-14/h2,5-6,11H,3-4,7,9-10H2,1H3. The van der Waals surface area contributed by atoms with Crippen molar-refractivity contribution >= 4 is 5.69 Å². The fraction of sp³-hybridized carbons (Fsp3) is 0.538. The van der Waals surface area contributed by atoms with E-state index in [4.69, 9.17) is 10.00 Å². The van der Waals surface area contributed by atoms with E-state index in [0.717, 1.165) is 31.8 Å². The number of rotatable bonds is 3. The molecule has 1 atom stereocenters. The molecule has 1 aromatic heterocycles. The molecule has 0 aliphatic carbocycles. The maximum absolute atomic E-state index is 9.05. The van der Waals surface area contributed by atoms with Gasteiger partial charge in [-0.1, -0.05) is 0 Å². The van der Waals surface area contributed by atoms with E-state index in [0.29, 0.717) is 11.6 Å². The van der Waals surface area contributed by atoms with E-state index in [1.165, 1.54) is 6.42 Å². The van der Waals surface area contributed by atoms with Crippen molar-refractivity contribution < 1.29 is 4.74 Å². The highest BCUT2D eigenvalue weighted by atomic mass is 16.5. The number of nitriles is 1. The maximum Gasteiger partial charge on any atom is 0.163 e. The Morgan fingerprint density at radius 1 is 1.65 bits per heavy atom. The molecule has 17 heavy (non-hydrogen) atoms. The van der Waals surface area contributed by atoms with Gasteiger partial charge in [-0.2, -0.15) is 5.26 Å². The molecular weight excluding hydrogens is 214 g/mol. The topological polar surface area (TPSA) is 49.1 Å². The SMILES string of the molecule is COCC1CCCN(c2cccnc2C#N)C1. The second-order valence-corrected chi connectivity index (χ2v) is 4.39. The van der Waals surface area contributed by atoms with Gasteiger partial charge in [-0.15, -0.1) is 0 Å². The minimum atomic E-state index is 0.519. The minimum Gasteiger partial charge on any atom is -0.384 e. The zero-order valence-corrected chi connectivity index (χ0v) is 10.1. The van der Waals surface area contributed by atoms with Gasteiger partial charge in [0.1, 0.15) is 6.07 Å². The Morgan fingerprint density at radius 2 is 2.53 bits per heavy atom. The van der Waals surface area contributed by atoms with Gasteiger partial charge in [0, 0.05) is 26.4 Å². The predicted octanol–water partition coefficient (Wildman–Crippen LogP) is 1.82. The van der Waals surface area contributed by atoms with Crippen LogP contribution in [0.2, 0.25) is 0 Å².